The highest BCUT2D eigenvalue weighted by Gasteiger charge is 2.48. The van der Waals surface area contributed by atoms with Crippen LogP contribution in [-0.4, -0.2) is 31.1 Å². The minimum atomic E-state index is -4.46. The average molecular weight is 432 g/mol. The zero-order valence-corrected chi connectivity index (χ0v) is 16.7. The second kappa shape index (κ2) is 8.70. The lowest BCUT2D eigenvalue weighted by molar-refractivity contribution is -0.138. The Morgan fingerprint density at radius 2 is 1.81 bits per heavy atom. The van der Waals surface area contributed by atoms with Crippen molar-refractivity contribution in [3.05, 3.63) is 65.2 Å². The largest absolute Gasteiger partial charge is 0.416 e. The molecule has 164 valence electrons. The molecule has 0 bridgehead atoms. The van der Waals surface area contributed by atoms with E-state index in [1.807, 2.05) is 0 Å². The Hall–Kier alpha value is -2.87. The van der Waals surface area contributed by atoms with Gasteiger partial charge >= 0.3 is 6.18 Å². The summed E-state index contributed by atoms with van der Waals surface area (Å²) in [5, 5.41) is 5.54. The van der Waals surface area contributed by atoms with Crippen molar-refractivity contribution in [2.45, 2.75) is 37.5 Å². The maximum absolute atomic E-state index is 13.3. The third-order valence-electron chi connectivity index (χ3n) is 5.74. The smallest absolute Gasteiger partial charge is 0.376 e. The zero-order valence-electron chi connectivity index (χ0n) is 16.7. The van der Waals surface area contributed by atoms with Crippen molar-refractivity contribution < 1.29 is 27.5 Å². The van der Waals surface area contributed by atoms with Crippen LogP contribution in [0.1, 0.15) is 46.7 Å². The van der Waals surface area contributed by atoms with Gasteiger partial charge in [0.2, 0.25) is 5.91 Å². The summed E-state index contributed by atoms with van der Waals surface area (Å²) in [6.45, 7) is 1.08. The SMILES string of the molecule is O=C(NCC1CCCO1)c1ccccc1NC(=O)C1CC1c1ccccc1C(F)(F)F. The molecule has 3 atom stereocenters. The lowest BCUT2D eigenvalue weighted by atomic mass is 10.0. The number of rotatable bonds is 6. The highest BCUT2D eigenvalue weighted by molar-refractivity contribution is 6.04. The normalized spacial score (nSPS) is 22.7. The van der Waals surface area contributed by atoms with Gasteiger partial charge in [-0.2, -0.15) is 13.2 Å². The van der Waals surface area contributed by atoms with E-state index >= 15 is 0 Å². The highest BCUT2D eigenvalue weighted by atomic mass is 19.4. The van der Waals surface area contributed by atoms with Gasteiger partial charge in [-0.15, -0.1) is 0 Å². The molecule has 2 aliphatic rings. The molecule has 2 amide bonds. The van der Waals surface area contributed by atoms with Crippen LogP contribution in [0.5, 0.6) is 0 Å². The lowest BCUT2D eigenvalue weighted by Gasteiger charge is -2.14. The van der Waals surface area contributed by atoms with E-state index in [4.69, 9.17) is 4.74 Å². The Balaban J connectivity index is 1.42. The first-order valence-corrected chi connectivity index (χ1v) is 10.3. The topological polar surface area (TPSA) is 67.4 Å². The van der Waals surface area contributed by atoms with Gasteiger partial charge < -0.3 is 15.4 Å². The van der Waals surface area contributed by atoms with Gasteiger partial charge in [-0.1, -0.05) is 30.3 Å². The first kappa shape index (κ1) is 21.4. The van der Waals surface area contributed by atoms with E-state index < -0.39 is 23.6 Å². The molecule has 0 radical (unpaired) electrons. The molecule has 8 heteroatoms. The van der Waals surface area contributed by atoms with Gasteiger partial charge in [0.25, 0.3) is 5.91 Å². The van der Waals surface area contributed by atoms with Crippen molar-refractivity contribution in [3.8, 4) is 0 Å². The Morgan fingerprint density at radius 3 is 2.55 bits per heavy atom. The first-order valence-electron chi connectivity index (χ1n) is 10.3. The summed E-state index contributed by atoms with van der Waals surface area (Å²) >= 11 is 0. The molecule has 1 aliphatic heterocycles. The fraction of sp³-hybridized carbons (Fsp3) is 0.391. The third-order valence-corrected chi connectivity index (χ3v) is 5.74. The number of ether oxygens (including phenoxy) is 1. The summed E-state index contributed by atoms with van der Waals surface area (Å²) in [6, 6.07) is 11.9. The number of hydrogen-bond acceptors (Lipinski definition) is 3. The quantitative estimate of drug-likeness (QED) is 0.713. The second-order valence-corrected chi connectivity index (χ2v) is 7.91. The van der Waals surface area contributed by atoms with Crippen molar-refractivity contribution in [2.75, 3.05) is 18.5 Å². The molecular weight excluding hydrogens is 409 g/mol. The molecule has 5 nitrogen and oxygen atoms in total. The van der Waals surface area contributed by atoms with Crippen LogP contribution in [0.25, 0.3) is 0 Å². The van der Waals surface area contributed by atoms with Crippen molar-refractivity contribution in [3.63, 3.8) is 0 Å². The number of amides is 2. The first-order chi connectivity index (χ1) is 14.8. The number of hydrogen-bond donors (Lipinski definition) is 2. The third kappa shape index (κ3) is 4.90. The molecule has 0 aromatic heterocycles. The Kier molecular flexibility index (Phi) is 6.00. The summed E-state index contributed by atoms with van der Waals surface area (Å²) < 4.78 is 45.3. The van der Waals surface area contributed by atoms with E-state index in [1.165, 1.54) is 12.1 Å². The van der Waals surface area contributed by atoms with Crippen molar-refractivity contribution in [1.29, 1.82) is 0 Å². The van der Waals surface area contributed by atoms with Crippen LogP contribution in [0.15, 0.2) is 48.5 Å². The molecule has 0 spiro atoms. The molecule has 31 heavy (non-hydrogen) atoms. The van der Waals surface area contributed by atoms with Crippen LogP contribution in [0.4, 0.5) is 18.9 Å². The summed E-state index contributed by atoms with van der Waals surface area (Å²) in [4.78, 5) is 25.3. The molecule has 4 rings (SSSR count). The fourth-order valence-corrected chi connectivity index (χ4v) is 4.03. The predicted molar refractivity (Wildman–Crippen MR) is 109 cm³/mol. The van der Waals surface area contributed by atoms with Crippen LogP contribution in [0.2, 0.25) is 0 Å². The molecule has 1 heterocycles. The van der Waals surface area contributed by atoms with Crippen LogP contribution >= 0.6 is 0 Å². The fourth-order valence-electron chi connectivity index (χ4n) is 4.03. The molecule has 2 aromatic carbocycles. The van der Waals surface area contributed by atoms with Gasteiger partial charge in [-0.05, 0) is 48.9 Å². The molecule has 3 unspecified atom stereocenters. The standard InChI is InChI=1S/C23H23F3N2O3/c24-23(25,26)19-9-3-1-7-15(19)17-12-18(17)22(30)28-20-10-4-2-8-16(20)21(29)27-13-14-6-5-11-31-14/h1-4,7-10,14,17-18H,5-6,11-13H2,(H,27,29)(H,28,30). The minimum absolute atomic E-state index is 0.00775. The molecule has 2 N–H and O–H groups in total. The van der Waals surface area contributed by atoms with Gasteiger partial charge in [0.05, 0.1) is 22.9 Å². The summed E-state index contributed by atoms with van der Waals surface area (Å²) in [5.41, 5.74) is 0.0794. The monoisotopic (exact) mass is 432 g/mol. The van der Waals surface area contributed by atoms with Crippen molar-refractivity contribution >= 4 is 17.5 Å². The van der Waals surface area contributed by atoms with Gasteiger partial charge in [0.15, 0.2) is 0 Å². The number of alkyl halides is 3. The lowest BCUT2D eigenvalue weighted by Crippen LogP contribution is -2.32. The Labute approximate surface area is 178 Å². The number of carbonyl (C=O) groups is 2. The van der Waals surface area contributed by atoms with Crippen LogP contribution in [0, 0.1) is 5.92 Å². The van der Waals surface area contributed by atoms with Crippen LogP contribution in [0.3, 0.4) is 0 Å². The van der Waals surface area contributed by atoms with E-state index in [1.54, 1.807) is 30.3 Å². The van der Waals surface area contributed by atoms with E-state index in [2.05, 4.69) is 10.6 Å². The number of nitrogens with one attached hydrogen (secondary N) is 2. The molecule has 2 fully saturated rings. The number of anilines is 1. The van der Waals surface area contributed by atoms with Gasteiger partial charge in [-0.3, -0.25) is 9.59 Å². The number of halogens is 3. The van der Waals surface area contributed by atoms with E-state index in [0.717, 1.165) is 18.9 Å². The summed E-state index contributed by atoms with van der Waals surface area (Å²) in [6.07, 6.45) is -2.28. The van der Waals surface area contributed by atoms with Gasteiger partial charge in [0, 0.05) is 19.1 Å². The van der Waals surface area contributed by atoms with Gasteiger partial charge in [-0.25, -0.2) is 0 Å². The van der Waals surface area contributed by atoms with Crippen LogP contribution in [-0.2, 0) is 15.7 Å². The van der Waals surface area contributed by atoms with Crippen molar-refractivity contribution in [1.82, 2.24) is 5.32 Å². The van der Waals surface area contributed by atoms with Crippen LogP contribution < -0.4 is 10.6 Å². The van der Waals surface area contributed by atoms with E-state index in [0.29, 0.717) is 30.8 Å². The van der Waals surface area contributed by atoms with Gasteiger partial charge in [0.1, 0.15) is 0 Å². The maximum Gasteiger partial charge on any atom is 0.416 e. The molecule has 1 aliphatic carbocycles. The minimum Gasteiger partial charge on any atom is -0.376 e. The number of para-hydroxylation sites is 1. The number of benzene rings is 2. The predicted octanol–water partition coefficient (Wildman–Crippen LogP) is 4.36. The Bertz CT molecular complexity index is 971. The maximum atomic E-state index is 13.3. The van der Waals surface area contributed by atoms with Crippen molar-refractivity contribution in [2.24, 2.45) is 5.92 Å². The Morgan fingerprint density at radius 1 is 1.06 bits per heavy atom. The summed E-state index contributed by atoms with van der Waals surface area (Å²) in [7, 11) is 0. The molecule has 2 aromatic rings. The van der Waals surface area contributed by atoms with E-state index in [9.17, 15) is 22.8 Å². The van der Waals surface area contributed by atoms with E-state index in [-0.39, 0.29) is 23.5 Å². The average Bonchev–Trinajstić information content (AvgIpc) is 3.38. The molecule has 1 saturated heterocycles. The zero-order chi connectivity index (χ0) is 22.0. The summed E-state index contributed by atoms with van der Waals surface area (Å²) in [5.74, 6) is -1.77. The molecular formula is C23H23F3N2O3. The number of carbonyl (C=O) groups excluding carboxylic acids is 2. The second-order valence-electron chi connectivity index (χ2n) is 7.91. The molecule has 1 saturated carbocycles. The highest BCUT2D eigenvalue weighted by Crippen LogP contribution is 2.51.